The maximum atomic E-state index is 12.3. The van der Waals surface area contributed by atoms with Gasteiger partial charge < -0.3 is 14.8 Å². The third-order valence-electron chi connectivity index (χ3n) is 3.17. The van der Waals surface area contributed by atoms with Crippen LogP contribution < -0.4 is 14.8 Å². The van der Waals surface area contributed by atoms with E-state index in [1.54, 1.807) is 49.4 Å². The fourth-order valence-corrected chi connectivity index (χ4v) is 2.26. The first-order valence-corrected chi connectivity index (χ1v) is 7.75. The highest BCUT2D eigenvalue weighted by molar-refractivity contribution is 6.30. The first-order valence-electron chi connectivity index (χ1n) is 7.37. The highest BCUT2D eigenvalue weighted by atomic mass is 35.5. The van der Waals surface area contributed by atoms with Crippen LogP contribution in [0.5, 0.6) is 11.5 Å². The number of aryl methyl sites for hydroxylation is 1. The molecule has 5 nitrogen and oxygen atoms in total. The second-order valence-corrected chi connectivity index (χ2v) is 5.72. The van der Waals surface area contributed by atoms with E-state index in [1.807, 2.05) is 6.92 Å². The standard InChI is InChI=1S/C18H18ClNO4/c1-11-9-14(19)7-8-17(11)23-12(2)18(22)20-15-5-4-6-16(10-15)24-13(3)21/h4-10,12H,1-3H3,(H,20,22). The molecule has 0 saturated heterocycles. The Balaban J connectivity index is 2.02. The van der Waals surface area contributed by atoms with E-state index >= 15 is 0 Å². The Morgan fingerprint density at radius 2 is 1.92 bits per heavy atom. The van der Waals surface area contributed by atoms with Crippen molar-refractivity contribution in [2.45, 2.75) is 26.9 Å². The van der Waals surface area contributed by atoms with E-state index in [0.29, 0.717) is 22.2 Å². The van der Waals surface area contributed by atoms with Gasteiger partial charge in [-0.05, 0) is 49.7 Å². The quantitative estimate of drug-likeness (QED) is 0.656. The Kier molecular flexibility index (Phi) is 5.82. The van der Waals surface area contributed by atoms with Gasteiger partial charge in [0.2, 0.25) is 0 Å². The summed E-state index contributed by atoms with van der Waals surface area (Å²) in [5.41, 5.74) is 1.36. The van der Waals surface area contributed by atoms with Crippen molar-refractivity contribution in [2.75, 3.05) is 5.32 Å². The molecule has 1 atom stereocenters. The molecule has 0 aliphatic heterocycles. The summed E-state index contributed by atoms with van der Waals surface area (Å²) in [4.78, 5) is 23.2. The lowest BCUT2D eigenvalue weighted by atomic mass is 10.2. The van der Waals surface area contributed by atoms with Gasteiger partial charge in [-0.1, -0.05) is 17.7 Å². The second kappa shape index (κ2) is 7.84. The van der Waals surface area contributed by atoms with Crippen molar-refractivity contribution >= 4 is 29.2 Å². The van der Waals surface area contributed by atoms with E-state index in [1.165, 1.54) is 6.92 Å². The summed E-state index contributed by atoms with van der Waals surface area (Å²) in [6.45, 7) is 4.82. The van der Waals surface area contributed by atoms with E-state index in [2.05, 4.69) is 5.32 Å². The maximum absolute atomic E-state index is 12.3. The van der Waals surface area contributed by atoms with Gasteiger partial charge in [-0.25, -0.2) is 0 Å². The van der Waals surface area contributed by atoms with Gasteiger partial charge >= 0.3 is 5.97 Å². The van der Waals surface area contributed by atoms with Crippen molar-refractivity contribution in [1.82, 2.24) is 0 Å². The molecule has 0 fully saturated rings. The number of esters is 1. The van der Waals surface area contributed by atoms with Crippen LogP contribution in [0, 0.1) is 6.92 Å². The molecule has 2 aromatic rings. The highest BCUT2D eigenvalue weighted by Crippen LogP contribution is 2.23. The summed E-state index contributed by atoms with van der Waals surface area (Å²) >= 11 is 5.90. The molecule has 24 heavy (non-hydrogen) atoms. The molecule has 2 aromatic carbocycles. The Bertz CT molecular complexity index is 760. The average molecular weight is 348 g/mol. The van der Waals surface area contributed by atoms with Gasteiger partial charge in [0.05, 0.1) is 0 Å². The summed E-state index contributed by atoms with van der Waals surface area (Å²) in [5, 5.41) is 3.34. The first-order chi connectivity index (χ1) is 11.3. The zero-order valence-corrected chi connectivity index (χ0v) is 14.4. The molecule has 1 unspecified atom stereocenters. The normalized spacial score (nSPS) is 11.5. The molecule has 0 radical (unpaired) electrons. The van der Waals surface area contributed by atoms with Crippen molar-refractivity contribution in [3.8, 4) is 11.5 Å². The minimum atomic E-state index is -0.706. The fourth-order valence-electron chi connectivity index (χ4n) is 2.04. The molecule has 1 amide bonds. The average Bonchev–Trinajstić information content (AvgIpc) is 2.49. The third-order valence-corrected chi connectivity index (χ3v) is 3.41. The van der Waals surface area contributed by atoms with Gasteiger partial charge in [0.15, 0.2) is 6.10 Å². The van der Waals surface area contributed by atoms with Crippen molar-refractivity contribution < 1.29 is 19.1 Å². The minimum Gasteiger partial charge on any atom is -0.481 e. The number of halogens is 1. The SMILES string of the molecule is CC(=O)Oc1cccc(NC(=O)C(C)Oc2ccc(Cl)cc2C)c1. The van der Waals surface area contributed by atoms with Crippen LogP contribution in [0.1, 0.15) is 19.4 Å². The Morgan fingerprint density at radius 1 is 1.17 bits per heavy atom. The van der Waals surface area contributed by atoms with Crippen LogP contribution in [0.4, 0.5) is 5.69 Å². The number of nitrogens with one attached hydrogen (secondary N) is 1. The van der Waals surface area contributed by atoms with Crippen molar-refractivity contribution in [3.05, 3.63) is 53.1 Å². The molecule has 6 heteroatoms. The van der Waals surface area contributed by atoms with Crippen LogP contribution in [-0.4, -0.2) is 18.0 Å². The Morgan fingerprint density at radius 3 is 2.58 bits per heavy atom. The summed E-state index contributed by atoms with van der Waals surface area (Å²) < 4.78 is 10.7. The topological polar surface area (TPSA) is 64.6 Å². The summed E-state index contributed by atoms with van der Waals surface area (Å²) in [6.07, 6.45) is -0.706. The number of carbonyl (C=O) groups is 2. The van der Waals surface area contributed by atoms with Crippen LogP contribution in [0.25, 0.3) is 0 Å². The highest BCUT2D eigenvalue weighted by Gasteiger charge is 2.16. The largest absolute Gasteiger partial charge is 0.481 e. The van der Waals surface area contributed by atoms with Gasteiger partial charge in [0.1, 0.15) is 11.5 Å². The summed E-state index contributed by atoms with van der Waals surface area (Å²) in [6, 6.07) is 11.8. The number of benzene rings is 2. The zero-order valence-electron chi connectivity index (χ0n) is 13.6. The van der Waals surface area contributed by atoms with E-state index < -0.39 is 12.1 Å². The van der Waals surface area contributed by atoms with E-state index in [0.717, 1.165) is 5.56 Å². The molecular weight excluding hydrogens is 330 g/mol. The third kappa shape index (κ3) is 4.99. The van der Waals surface area contributed by atoms with Gasteiger partial charge in [-0.2, -0.15) is 0 Å². The van der Waals surface area contributed by atoms with E-state index in [4.69, 9.17) is 21.1 Å². The predicted molar refractivity (Wildman–Crippen MR) is 92.7 cm³/mol. The number of carbonyl (C=O) groups excluding carboxylic acids is 2. The number of hydrogen-bond donors (Lipinski definition) is 1. The van der Waals surface area contributed by atoms with Gasteiger partial charge in [0.25, 0.3) is 5.91 Å². The molecular formula is C18H18ClNO4. The van der Waals surface area contributed by atoms with Crippen LogP contribution in [0.3, 0.4) is 0 Å². The number of anilines is 1. The molecule has 126 valence electrons. The van der Waals surface area contributed by atoms with E-state index in [-0.39, 0.29) is 5.91 Å². The molecule has 0 saturated carbocycles. The van der Waals surface area contributed by atoms with Crippen molar-refractivity contribution in [1.29, 1.82) is 0 Å². The fraction of sp³-hybridized carbons (Fsp3) is 0.222. The van der Waals surface area contributed by atoms with Crippen LogP contribution >= 0.6 is 11.6 Å². The van der Waals surface area contributed by atoms with E-state index in [9.17, 15) is 9.59 Å². The maximum Gasteiger partial charge on any atom is 0.308 e. The van der Waals surface area contributed by atoms with Crippen LogP contribution in [-0.2, 0) is 9.59 Å². The number of hydrogen-bond acceptors (Lipinski definition) is 4. The Labute approximate surface area is 145 Å². The molecule has 0 aliphatic carbocycles. The van der Waals surface area contributed by atoms with Crippen molar-refractivity contribution in [3.63, 3.8) is 0 Å². The summed E-state index contributed by atoms with van der Waals surface area (Å²) in [5.74, 6) is 0.218. The molecule has 0 bridgehead atoms. The smallest absolute Gasteiger partial charge is 0.308 e. The minimum absolute atomic E-state index is 0.315. The molecule has 0 heterocycles. The lowest BCUT2D eigenvalue weighted by Gasteiger charge is -2.16. The first kappa shape index (κ1) is 17.8. The second-order valence-electron chi connectivity index (χ2n) is 5.28. The number of rotatable bonds is 5. The predicted octanol–water partition coefficient (Wildman–Crippen LogP) is 3.98. The molecule has 1 N–H and O–H groups in total. The molecule has 0 aromatic heterocycles. The monoisotopic (exact) mass is 347 g/mol. The van der Waals surface area contributed by atoms with Crippen LogP contribution in [0.15, 0.2) is 42.5 Å². The zero-order chi connectivity index (χ0) is 17.7. The lowest BCUT2D eigenvalue weighted by molar-refractivity contribution is -0.131. The molecule has 0 spiro atoms. The Hall–Kier alpha value is -2.53. The van der Waals surface area contributed by atoms with Crippen molar-refractivity contribution in [2.24, 2.45) is 0 Å². The number of ether oxygens (including phenoxy) is 2. The molecule has 0 aliphatic rings. The molecule has 2 rings (SSSR count). The summed E-state index contributed by atoms with van der Waals surface area (Å²) in [7, 11) is 0. The lowest BCUT2D eigenvalue weighted by Crippen LogP contribution is -2.30. The van der Waals surface area contributed by atoms with Crippen LogP contribution in [0.2, 0.25) is 5.02 Å². The van der Waals surface area contributed by atoms with Gasteiger partial charge in [0, 0.05) is 23.7 Å². The van der Waals surface area contributed by atoms with Gasteiger partial charge in [-0.15, -0.1) is 0 Å². The van der Waals surface area contributed by atoms with Gasteiger partial charge in [-0.3, -0.25) is 9.59 Å². The number of amides is 1.